The molecule has 2 rings (SSSR count). The van der Waals surface area contributed by atoms with E-state index in [9.17, 15) is 9.59 Å². The molecule has 0 atom stereocenters. The molecule has 0 aliphatic carbocycles. The van der Waals surface area contributed by atoms with Crippen LogP contribution in [0.4, 0.5) is 0 Å². The molecule has 0 aliphatic rings. The van der Waals surface area contributed by atoms with Crippen LogP contribution in [0.5, 0.6) is 0 Å². The van der Waals surface area contributed by atoms with Crippen molar-refractivity contribution in [2.24, 2.45) is 0 Å². The largest absolute Gasteiger partial charge is 0.477 e. The van der Waals surface area contributed by atoms with Crippen molar-refractivity contribution in [1.82, 2.24) is 9.55 Å². The lowest BCUT2D eigenvalue weighted by Crippen LogP contribution is -2.33. The number of carboxylic acids is 1. The second kappa shape index (κ2) is 6.97. The first kappa shape index (κ1) is 15.9. The zero-order valence-electron chi connectivity index (χ0n) is 12.2. The quantitative estimate of drug-likeness (QED) is 0.807. The third-order valence-corrected chi connectivity index (χ3v) is 3.22. The van der Waals surface area contributed by atoms with Gasteiger partial charge in [-0.25, -0.2) is 4.79 Å². The molecule has 0 saturated carbocycles. The molecule has 0 radical (unpaired) electrons. The van der Waals surface area contributed by atoms with Gasteiger partial charge in [-0.15, -0.1) is 0 Å². The van der Waals surface area contributed by atoms with Gasteiger partial charge < -0.3 is 19.1 Å². The molecule has 2 aromatic rings. The molecule has 0 amide bonds. The lowest BCUT2D eigenvalue weighted by atomic mass is 10.1. The lowest BCUT2D eigenvalue weighted by Gasteiger charge is -2.18. The average Bonchev–Trinajstić information content (AvgIpc) is 2.54. The summed E-state index contributed by atoms with van der Waals surface area (Å²) in [5.74, 6) is -1.28. The summed E-state index contributed by atoms with van der Waals surface area (Å²) in [6.45, 7) is 0.0666. The van der Waals surface area contributed by atoms with Gasteiger partial charge >= 0.3 is 5.97 Å². The minimum Gasteiger partial charge on any atom is -0.477 e. The molecule has 0 fully saturated rings. The van der Waals surface area contributed by atoms with Crippen molar-refractivity contribution in [2.75, 3.05) is 14.2 Å². The predicted molar refractivity (Wildman–Crippen MR) is 78.7 cm³/mol. The number of hydrogen-bond donors (Lipinski definition) is 1. The minimum atomic E-state index is -1.28. The monoisotopic (exact) mass is 304 g/mol. The lowest BCUT2D eigenvalue weighted by molar-refractivity contribution is -0.111. The Morgan fingerprint density at radius 3 is 2.59 bits per heavy atom. The van der Waals surface area contributed by atoms with E-state index in [-0.39, 0.29) is 12.1 Å². The smallest absolute Gasteiger partial charge is 0.341 e. The molecule has 0 spiro atoms. The number of carboxylic acid groups (broad SMARTS) is 1. The van der Waals surface area contributed by atoms with Gasteiger partial charge in [0.1, 0.15) is 5.56 Å². The number of nitrogens with zero attached hydrogens (tertiary/aromatic N) is 2. The van der Waals surface area contributed by atoms with Gasteiger partial charge in [0.15, 0.2) is 6.29 Å². The SMILES string of the molecule is COC(Cn1c(-c2cccnc2)ccc(C(=O)O)c1=O)OC. The Morgan fingerprint density at radius 2 is 2.05 bits per heavy atom. The van der Waals surface area contributed by atoms with Crippen LogP contribution in [0.25, 0.3) is 11.3 Å². The molecule has 1 N–H and O–H groups in total. The van der Waals surface area contributed by atoms with Gasteiger partial charge in [0.05, 0.1) is 12.2 Å². The van der Waals surface area contributed by atoms with Gasteiger partial charge in [-0.05, 0) is 24.3 Å². The number of rotatable bonds is 6. The van der Waals surface area contributed by atoms with E-state index in [1.807, 2.05) is 0 Å². The highest BCUT2D eigenvalue weighted by Gasteiger charge is 2.18. The highest BCUT2D eigenvalue weighted by atomic mass is 16.7. The number of aromatic carboxylic acids is 1. The van der Waals surface area contributed by atoms with Crippen molar-refractivity contribution >= 4 is 5.97 Å². The van der Waals surface area contributed by atoms with Crippen LogP contribution in [0.2, 0.25) is 0 Å². The van der Waals surface area contributed by atoms with E-state index < -0.39 is 17.8 Å². The summed E-state index contributed by atoms with van der Waals surface area (Å²) in [5, 5.41) is 9.11. The molecule has 7 heteroatoms. The molecule has 0 saturated heterocycles. The molecule has 7 nitrogen and oxygen atoms in total. The molecule has 0 aromatic carbocycles. The summed E-state index contributed by atoms with van der Waals surface area (Å²) in [5.41, 5.74) is 0.316. The number of pyridine rings is 2. The van der Waals surface area contributed by atoms with Gasteiger partial charge in [-0.1, -0.05) is 0 Å². The maximum absolute atomic E-state index is 12.4. The Labute approximate surface area is 126 Å². The Morgan fingerprint density at radius 1 is 1.32 bits per heavy atom. The molecule has 0 bridgehead atoms. The second-order valence-corrected chi connectivity index (χ2v) is 4.50. The van der Waals surface area contributed by atoms with Gasteiger partial charge in [-0.3, -0.25) is 9.78 Å². The molecule has 2 aromatic heterocycles. The Hall–Kier alpha value is -2.51. The number of aromatic nitrogens is 2. The van der Waals surface area contributed by atoms with Crippen molar-refractivity contribution in [3.63, 3.8) is 0 Å². The van der Waals surface area contributed by atoms with Crippen LogP contribution in [0.15, 0.2) is 41.5 Å². The van der Waals surface area contributed by atoms with Crippen LogP contribution in [-0.2, 0) is 16.0 Å². The third-order valence-electron chi connectivity index (χ3n) is 3.22. The second-order valence-electron chi connectivity index (χ2n) is 4.50. The van der Waals surface area contributed by atoms with Crippen molar-refractivity contribution in [1.29, 1.82) is 0 Å². The zero-order chi connectivity index (χ0) is 16.1. The van der Waals surface area contributed by atoms with E-state index >= 15 is 0 Å². The standard InChI is InChI=1S/C15H16N2O5/c1-21-13(22-2)9-17-12(10-4-3-7-16-8-10)6-5-11(14(17)18)15(19)20/h3-8,13H,9H2,1-2H3,(H,19,20). The van der Waals surface area contributed by atoms with Crippen LogP contribution in [0.1, 0.15) is 10.4 Å². The van der Waals surface area contributed by atoms with Gasteiger partial charge in [-0.2, -0.15) is 0 Å². The summed E-state index contributed by atoms with van der Waals surface area (Å²) < 4.78 is 11.5. The zero-order valence-corrected chi connectivity index (χ0v) is 12.2. The topological polar surface area (TPSA) is 90.7 Å². The molecule has 2 heterocycles. The molecule has 0 aliphatic heterocycles. The fraction of sp³-hybridized carbons (Fsp3) is 0.267. The average molecular weight is 304 g/mol. The highest BCUT2D eigenvalue weighted by molar-refractivity contribution is 5.87. The van der Waals surface area contributed by atoms with E-state index in [2.05, 4.69) is 4.98 Å². The summed E-state index contributed by atoms with van der Waals surface area (Å²) in [4.78, 5) is 27.6. The van der Waals surface area contributed by atoms with Gasteiger partial charge in [0.25, 0.3) is 5.56 Å². The van der Waals surface area contributed by atoms with E-state index in [1.165, 1.54) is 24.9 Å². The maximum atomic E-state index is 12.4. The summed E-state index contributed by atoms with van der Waals surface area (Å²) in [6.07, 6.45) is 2.54. The number of carbonyl (C=O) groups is 1. The van der Waals surface area contributed by atoms with E-state index in [1.54, 1.807) is 30.6 Å². The number of ether oxygens (including phenoxy) is 2. The normalized spacial score (nSPS) is 10.9. The number of methoxy groups -OCH3 is 2. The predicted octanol–water partition coefficient (Wildman–Crippen LogP) is 1.23. The molecular formula is C15H16N2O5. The number of hydrogen-bond acceptors (Lipinski definition) is 5. The molecule has 0 unspecified atom stereocenters. The van der Waals surface area contributed by atoms with Crippen LogP contribution in [0.3, 0.4) is 0 Å². The highest BCUT2D eigenvalue weighted by Crippen LogP contribution is 2.18. The summed E-state index contributed by atoms with van der Waals surface area (Å²) in [6, 6.07) is 6.38. The summed E-state index contributed by atoms with van der Waals surface area (Å²) in [7, 11) is 2.90. The third kappa shape index (κ3) is 3.21. The van der Waals surface area contributed by atoms with Crippen LogP contribution in [0, 0.1) is 0 Å². The molecule has 22 heavy (non-hydrogen) atoms. The Bertz CT molecular complexity index is 708. The first-order valence-electron chi connectivity index (χ1n) is 6.51. The molecule has 116 valence electrons. The minimum absolute atomic E-state index is 0.0666. The van der Waals surface area contributed by atoms with Crippen molar-refractivity contribution < 1.29 is 19.4 Å². The summed E-state index contributed by atoms with van der Waals surface area (Å²) >= 11 is 0. The van der Waals surface area contributed by atoms with E-state index in [4.69, 9.17) is 14.6 Å². The first-order valence-corrected chi connectivity index (χ1v) is 6.51. The first-order chi connectivity index (χ1) is 10.6. The van der Waals surface area contributed by atoms with Crippen molar-refractivity contribution in [2.45, 2.75) is 12.8 Å². The Kier molecular flexibility index (Phi) is 5.03. The van der Waals surface area contributed by atoms with Crippen LogP contribution >= 0.6 is 0 Å². The van der Waals surface area contributed by atoms with E-state index in [0.717, 1.165) is 0 Å². The fourth-order valence-corrected chi connectivity index (χ4v) is 2.08. The van der Waals surface area contributed by atoms with Gasteiger partial charge in [0, 0.05) is 32.2 Å². The molecular weight excluding hydrogens is 288 g/mol. The van der Waals surface area contributed by atoms with Crippen molar-refractivity contribution in [3.05, 3.63) is 52.6 Å². The van der Waals surface area contributed by atoms with Crippen LogP contribution < -0.4 is 5.56 Å². The van der Waals surface area contributed by atoms with Crippen molar-refractivity contribution in [3.8, 4) is 11.3 Å². The van der Waals surface area contributed by atoms with Gasteiger partial charge in [0.2, 0.25) is 0 Å². The fourth-order valence-electron chi connectivity index (χ4n) is 2.08. The van der Waals surface area contributed by atoms with Crippen LogP contribution in [-0.4, -0.2) is 41.1 Å². The maximum Gasteiger partial charge on any atom is 0.341 e. The van der Waals surface area contributed by atoms with E-state index in [0.29, 0.717) is 11.3 Å². The Balaban J connectivity index is 2.61.